The average Bonchev–Trinajstić information content (AvgIpc) is 3.09. The summed E-state index contributed by atoms with van der Waals surface area (Å²) in [5, 5.41) is 11.6. The van der Waals surface area contributed by atoms with E-state index in [1.54, 1.807) is 6.07 Å². The van der Waals surface area contributed by atoms with E-state index >= 15 is 0 Å². The van der Waals surface area contributed by atoms with E-state index in [4.69, 9.17) is 18.0 Å². The standard InChI is InChI=1S/C19H18ClNO/c1-2-19(22,15-8-4-3-5-9-15)16-10-11-18(17(20)14-16)21-12-6-7-13-21/h1,3-5,8-11,14,22H,6-7,12-13H2. The summed E-state index contributed by atoms with van der Waals surface area (Å²) in [7, 11) is 0. The molecule has 0 aliphatic carbocycles. The van der Waals surface area contributed by atoms with Gasteiger partial charge in [0.15, 0.2) is 5.60 Å². The summed E-state index contributed by atoms with van der Waals surface area (Å²) in [5.41, 5.74) is 0.834. The summed E-state index contributed by atoms with van der Waals surface area (Å²) < 4.78 is 0. The summed E-state index contributed by atoms with van der Waals surface area (Å²) in [5.74, 6) is 2.51. The van der Waals surface area contributed by atoms with Crippen molar-refractivity contribution in [3.63, 3.8) is 0 Å². The second kappa shape index (κ2) is 6.04. The Kier molecular flexibility index (Phi) is 4.11. The highest BCUT2D eigenvalue weighted by atomic mass is 35.5. The Balaban J connectivity index is 2.00. The van der Waals surface area contributed by atoms with Gasteiger partial charge in [0.2, 0.25) is 0 Å². The molecule has 2 aromatic rings. The smallest absolute Gasteiger partial charge is 0.176 e. The zero-order valence-electron chi connectivity index (χ0n) is 12.3. The molecule has 0 radical (unpaired) electrons. The highest BCUT2D eigenvalue weighted by Crippen LogP contribution is 2.35. The van der Waals surface area contributed by atoms with Crippen LogP contribution in [-0.4, -0.2) is 18.2 Å². The number of aliphatic hydroxyl groups is 1. The van der Waals surface area contributed by atoms with E-state index in [0.29, 0.717) is 16.1 Å². The average molecular weight is 312 g/mol. The van der Waals surface area contributed by atoms with Gasteiger partial charge in [-0.2, -0.15) is 0 Å². The minimum atomic E-state index is -1.46. The van der Waals surface area contributed by atoms with E-state index in [-0.39, 0.29) is 0 Å². The number of benzene rings is 2. The quantitative estimate of drug-likeness (QED) is 0.871. The van der Waals surface area contributed by atoms with E-state index in [1.807, 2.05) is 42.5 Å². The number of terminal acetylenes is 1. The number of hydrogen-bond acceptors (Lipinski definition) is 2. The fourth-order valence-electron chi connectivity index (χ4n) is 2.96. The molecular weight excluding hydrogens is 294 g/mol. The van der Waals surface area contributed by atoms with Crippen LogP contribution >= 0.6 is 11.6 Å². The van der Waals surface area contributed by atoms with Gasteiger partial charge in [-0.1, -0.05) is 53.9 Å². The summed E-state index contributed by atoms with van der Waals surface area (Å²) >= 11 is 6.44. The first-order chi connectivity index (χ1) is 10.6. The lowest BCUT2D eigenvalue weighted by atomic mass is 9.87. The predicted octanol–water partition coefficient (Wildman–Crippen LogP) is 3.81. The van der Waals surface area contributed by atoms with Gasteiger partial charge in [0.25, 0.3) is 0 Å². The van der Waals surface area contributed by atoms with Crippen LogP contribution in [0.1, 0.15) is 24.0 Å². The molecule has 1 atom stereocenters. The maximum absolute atomic E-state index is 10.9. The Hall–Kier alpha value is -1.95. The highest BCUT2D eigenvalue weighted by molar-refractivity contribution is 6.33. The third-order valence-corrected chi connectivity index (χ3v) is 4.52. The van der Waals surface area contributed by atoms with Gasteiger partial charge >= 0.3 is 0 Å². The van der Waals surface area contributed by atoms with Crippen LogP contribution in [0.3, 0.4) is 0 Å². The van der Waals surface area contributed by atoms with Gasteiger partial charge < -0.3 is 10.0 Å². The molecule has 0 spiro atoms. The van der Waals surface area contributed by atoms with Crippen LogP contribution in [0.15, 0.2) is 48.5 Å². The molecule has 0 bridgehead atoms. The van der Waals surface area contributed by atoms with Crippen molar-refractivity contribution < 1.29 is 5.11 Å². The normalized spacial score (nSPS) is 17.0. The summed E-state index contributed by atoms with van der Waals surface area (Å²) in [6.07, 6.45) is 8.01. The van der Waals surface area contributed by atoms with Crippen LogP contribution < -0.4 is 4.90 Å². The fourth-order valence-corrected chi connectivity index (χ4v) is 3.26. The largest absolute Gasteiger partial charge is 0.370 e. The number of nitrogens with zero attached hydrogens (tertiary/aromatic N) is 1. The van der Waals surface area contributed by atoms with Crippen molar-refractivity contribution in [1.82, 2.24) is 0 Å². The van der Waals surface area contributed by atoms with E-state index in [2.05, 4.69) is 10.8 Å². The molecular formula is C19H18ClNO. The highest BCUT2D eigenvalue weighted by Gasteiger charge is 2.30. The van der Waals surface area contributed by atoms with Gasteiger partial charge in [-0.05, 0) is 25.0 Å². The molecule has 112 valence electrons. The van der Waals surface area contributed by atoms with Crippen LogP contribution in [0, 0.1) is 12.3 Å². The summed E-state index contributed by atoms with van der Waals surface area (Å²) in [4.78, 5) is 2.27. The molecule has 1 aliphatic heterocycles. The molecule has 1 aliphatic rings. The predicted molar refractivity (Wildman–Crippen MR) is 91.2 cm³/mol. The van der Waals surface area contributed by atoms with Gasteiger partial charge in [0.1, 0.15) is 0 Å². The SMILES string of the molecule is C#CC(O)(c1ccccc1)c1ccc(N2CCCC2)c(Cl)c1. The Morgan fingerprint density at radius 1 is 1.05 bits per heavy atom. The summed E-state index contributed by atoms with van der Waals surface area (Å²) in [6.45, 7) is 2.05. The second-order valence-corrected chi connectivity index (χ2v) is 5.99. The third kappa shape index (κ3) is 2.59. The number of hydrogen-bond donors (Lipinski definition) is 1. The molecule has 1 fully saturated rings. The Morgan fingerprint density at radius 3 is 2.32 bits per heavy atom. The van der Waals surface area contributed by atoms with Gasteiger partial charge in [0.05, 0.1) is 10.7 Å². The van der Waals surface area contributed by atoms with Crippen molar-refractivity contribution in [2.75, 3.05) is 18.0 Å². The summed E-state index contributed by atoms with van der Waals surface area (Å²) in [6, 6.07) is 14.9. The van der Waals surface area contributed by atoms with E-state index in [0.717, 1.165) is 18.8 Å². The van der Waals surface area contributed by atoms with E-state index in [9.17, 15) is 5.11 Å². The van der Waals surface area contributed by atoms with Crippen molar-refractivity contribution >= 4 is 17.3 Å². The molecule has 3 rings (SSSR count). The Bertz CT molecular complexity index is 701. The van der Waals surface area contributed by atoms with Crippen LogP contribution in [0.2, 0.25) is 5.02 Å². The molecule has 0 amide bonds. The topological polar surface area (TPSA) is 23.5 Å². The Morgan fingerprint density at radius 2 is 1.73 bits per heavy atom. The molecule has 1 saturated heterocycles. The molecule has 0 saturated carbocycles. The van der Waals surface area contributed by atoms with Crippen LogP contribution in [0.5, 0.6) is 0 Å². The fraction of sp³-hybridized carbons (Fsp3) is 0.263. The minimum absolute atomic E-state index is 0.620. The van der Waals surface area contributed by atoms with Gasteiger partial charge in [0, 0.05) is 24.2 Å². The first-order valence-electron chi connectivity index (χ1n) is 7.46. The zero-order valence-corrected chi connectivity index (χ0v) is 13.1. The second-order valence-electron chi connectivity index (χ2n) is 5.58. The van der Waals surface area contributed by atoms with Crippen molar-refractivity contribution in [2.24, 2.45) is 0 Å². The van der Waals surface area contributed by atoms with Crippen molar-refractivity contribution in [2.45, 2.75) is 18.4 Å². The molecule has 22 heavy (non-hydrogen) atoms. The minimum Gasteiger partial charge on any atom is -0.370 e. The lowest BCUT2D eigenvalue weighted by Gasteiger charge is -2.25. The molecule has 2 aromatic carbocycles. The van der Waals surface area contributed by atoms with Crippen molar-refractivity contribution in [1.29, 1.82) is 0 Å². The zero-order chi connectivity index (χ0) is 15.6. The monoisotopic (exact) mass is 311 g/mol. The third-order valence-electron chi connectivity index (χ3n) is 4.21. The van der Waals surface area contributed by atoms with E-state index < -0.39 is 5.60 Å². The first-order valence-corrected chi connectivity index (χ1v) is 7.83. The lowest BCUT2D eigenvalue weighted by molar-refractivity contribution is 0.145. The molecule has 2 nitrogen and oxygen atoms in total. The van der Waals surface area contributed by atoms with Crippen molar-refractivity contribution in [3.8, 4) is 12.3 Å². The van der Waals surface area contributed by atoms with Crippen LogP contribution in [-0.2, 0) is 5.60 Å². The van der Waals surface area contributed by atoms with E-state index in [1.165, 1.54) is 12.8 Å². The van der Waals surface area contributed by atoms with Crippen molar-refractivity contribution in [3.05, 3.63) is 64.7 Å². The first kappa shape index (κ1) is 15.0. The molecule has 1 heterocycles. The number of anilines is 1. The molecule has 1 unspecified atom stereocenters. The van der Waals surface area contributed by atoms with Crippen LogP contribution in [0.4, 0.5) is 5.69 Å². The molecule has 0 aromatic heterocycles. The molecule has 1 N–H and O–H groups in total. The Labute approximate surface area is 136 Å². The maximum atomic E-state index is 10.9. The van der Waals surface area contributed by atoms with Crippen LogP contribution in [0.25, 0.3) is 0 Å². The van der Waals surface area contributed by atoms with Gasteiger partial charge in [-0.3, -0.25) is 0 Å². The van der Waals surface area contributed by atoms with Gasteiger partial charge in [-0.15, -0.1) is 6.42 Å². The maximum Gasteiger partial charge on any atom is 0.176 e. The van der Waals surface area contributed by atoms with Gasteiger partial charge in [-0.25, -0.2) is 0 Å². The number of halogens is 1. The number of rotatable bonds is 3. The molecule has 3 heteroatoms. The lowest BCUT2D eigenvalue weighted by Crippen LogP contribution is -2.25.